The highest BCUT2D eigenvalue weighted by molar-refractivity contribution is 4.90. The molecule has 0 saturated heterocycles. The molecule has 1 aromatic heterocycles. The van der Waals surface area contributed by atoms with Crippen LogP contribution in [-0.2, 0) is 0 Å². The van der Waals surface area contributed by atoms with Crippen LogP contribution in [0.15, 0.2) is 12.4 Å². The van der Waals surface area contributed by atoms with Crippen molar-refractivity contribution in [2.24, 2.45) is 0 Å². The number of nitrogens with zero attached hydrogens (tertiary/aromatic N) is 1. The Balaban J connectivity index is 2.42. The lowest BCUT2D eigenvalue weighted by Gasteiger charge is -2.17. The standard InChI is InChI=1S/C31H60N2/c1-5-8-11-13-15-17-19-22-24-29(4)33-28-27-32-31(33)30(25-21-10-7-3)26-23-20-18-16-14-12-9-6-2/h27-30H,5-26H2,1-4H3/p+1. The highest BCUT2D eigenvalue weighted by Crippen LogP contribution is 2.27. The van der Waals surface area contributed by atoms with Crippen molar-refractivity contribution in [3.63, 3.8) is 0 Å². The molecule has 0 aliphatic rings. The summed E-state index contributed by atoms with van der Waals surface area (Å²) in [5.41, 5.74) is 0. The average molecular weight is 462 g/mol. The summed E-state index contributed by atoms with van der Waals surface area (Å²) in [6.45, 7) is 9.38. The lowest BCUT2D eigenvalue weighted by atomic mass is 9.93. The number of imidazole rings is 1. The Labute approximate surface area is 208 Å². The van der Waals surface area contributed by atoms with Crippen LogP contribution >= 0.6 is 0 Å². The van der Waals surface area contributed by atoms with Crippen LogP contribution in [0, 0.1) is 0 Å². The Morgan fingerprint density at radius 2 is 0.970 bits per heavy atom. The van der Waals surface area contributed by atoms with E-state index in [1.165, 1.54) is 147 Å². The van der Waals surface area contributed by atoms with Gasteiger partial charge in [-0.2, -0.15) is 0 Å². The lowest BCUT2D eigenvalue weighted by Crippen LogP contribution is -2.41. The second-order valence-corrected chi connectivity index (χ2v) is 10.8. The van der Waals surface area contributed by atoms with E-state index in [0.717, 1.165) is 0 Å². The highest BCUT2D eigenvalue weighted by atomic mass is 15.1. The van der Waals surface area contributed by atoms with Gasteiger partial charge in [-0.05, 0) is 32.6 Å². The monoisotopic (exact) mass is 461 g/mol. The molecule has 0 spiro atoms. The lowest BCUT2D eigenvalue weighted by molar-refractivity contribution is -0.727. The number of rotatable bonds is 24. The fourth-order valence-electron chi connectivity index (χ4n) is 5.37. The van der Waals surface area contributed by atoms with E-state index in [2.05, 4.69) is 49.6 Å². The van der Waals surface area contributed by atoms with E-state index in [1.807, 2.05) is 0 Å². The van der Waals surface area contributed by atoms with E-state index in [0.29, 0.717) is 12.0 Å². The predicted octanol–water partition coefficient (Wildman–Crippen LogP) is 10.6. The second kappa shape index (κ2) is 21.7. The first-order chi connectivity index (χ1) is 16.2. The molecule has 1 heterocycles. The molecule has 0 bridgehead atoms. The van der Waals surface area contributed by atoms with Crippen molar-refractivity contribution in [1.82, 2.24) is 4.98 Å². The van der Waals surface area contributed by atoms with Crippen LogP contribution in [0.1, 0.15) is 187 Å². The topological polar surface area (TPSA) is 19.7 Å². The first kappa shape index (κ1) is 30.2. The molecular weight excluding hydrogens is 400 g/mol. The SMILES string of the molecule is CCCCCCCCCCC(CCCCC)c1[nH]cc[n+]1C(C)CCCCCCCCCC. The van der Waals surface area contributed by atoms with Crippen LogP contribution in [-0.4, -0.2) is 4.98 Å². The normalized spacial score (nSPS) is 13.5. The van der Waals surface area contributed by atoms with Crippen molar-refractivity contribution in [2.75, 3.05) is 0 Å². The van der Waals surface area contributed by atoms with Crippen LogP contribution in [0.3, 0.4) is 0 Å². The smallest absolute Gasteiger partial charge is 0.247 e. The van der Waals surface area contributed by atoms with Crippen molar-refractivity contribution < 1.29 is 4.57 Å². The largest absolute Gasteiger partial charge is 0.257 e. The zero-order valence-corrected chi connectivity index (χ0v) is 23.3. The zero-order valence-electron chi connectivity index (χ0n) is 23.3. The summed E-state index contributed by atoms with van der Waals surface area (Å²) in [6, 6.07) is 0.624. The third-order valence-electron chi connectivity index (χ3n) is 7.64. The molecule has 33 heavy (non-hydrogen) atoms. The Hall–Kier alpha value is -0.790. The van der Waals surface area contributed by atoms with Gasteiger partial charge in [0.1, 0.15) is 12.4 Å². The van der Waals surface area contributed by atoms with Gasteiger partial charge in [-0.15, -0.1) is 0 Å². The first-order valence-corrected chi connectivity index (χ1v) is 15.3. The molecule has 0 radical (unpaired) electrons. The van der Waals surface area contributed by atoms with Gasteiger partial charge in [0.05, 0.1) is 12.0 Å². The molecule has 0 fully saturated rings. The van der Waals surface area contributed by atoms with Gasteiger partial charge >= 0.3 is 0 Å². The zero-order chi connectivity index (χ0) is 24.0. The maximum atomic E-state index is 3.68. The molecule has 0 amide bonds. The van der Waals surface area contributed by atoms with Gasteiger partial charge in [-0.3, -0.25) is 0 Å². The molecule has 194 valence electrons. The second-order valence-electron chi connectivity index (χ2n) is 10.8. The Kier molecular flexibility index (Phi) is 19.9. The number of H-pyrrole nitrogens is 1. The molecule has 0 aliphatic heterocycles. The molecule has 2 atom stereocenters. The Bertz CT molecular complexity index is 521. The molecular formula is C31H61N2+. The van der Waals surface area contributed by atoms with Gasteiger partial charge in [0.15, 0.2) is 0 Å². The summed E-state index contributed by atoms with van der Waals surface area (Å²) in [5.74, 6) is 2.23. The van der Waals surface area contributed by atoms with Gasteiger partial charge < -0.3 is 0 Å². The van der Waals surface area contributed by atoms with Gasteiger partial charge in [0.2, 0.25) is 0 Å². The quantitative estimate of drug-likeness (QED) is 0.117. The van der Waals surface area contributed by atoms with E-state index in [4.69, 9.17) is 0 Å². The van der Waals surface area contributed by atoms with Crippen LogP contribution in [0.5, 0.6) is 0 Å². The van der Waals surface area contributed by atoms with Crippen LogP contribution in [0.2, 0.25) is 0 Å². The summed E-state index contributed by atoms with van der Waals surface area (Å²) in [7, 11) is 0. The van der Waals surface area contributed by atoms with Gasteiger partial charge in [0.25, 0.3) is 5.82 Å². The maximum absolute atomic E-state index is 3.68. The van der Waals surface area contributed by atoms with Crippen molar-refractivity contribution >= 4 is 0 Å². The third kappa shape index (κ3) is 14.9. The van der Waals surface area contributed by atoms with Crippen LogP contribution in [0.4, 0.5) is 0 Å². The average Bonchev–Trinajstić information content (AvgIpc) is 3.31. The number of aromatic amines is 1. The van der Waals surface area contributed by atoms with Crippen molar-refractivity contribution in [1.29, 1.82) is 0 Å². The molecule has 1 rings (SSSR count). The van der Waals surface area contributed by atoms with Gasteiger partial charge in [-0.25, -0.2) is 9.55 Å². The summed E-state index contributed by atoms with van der Waals surface area (Å²) < 4.78 is 2.60. The van der Waals surface area contributed by atoms with E-state index < -0.39 is 0 Å². The van der Waals surface area contributed by atoms with E-state index in [9.17, 15) is 0 Å². The summed E-state index contributed by atoms with van der Waals surface area (Å²) in [5, 5.41) is 0. The molecule has 0 aromatic carbocycles. The number of nitrogens with one attached hydrogen (secondary N) is 1. The number of unbranched alkanes of at least 4 members (excludes halogenated alkanes) is 16. The van der Waals surface area contributed by atoms with Crippen LogP contribution in [0.25, 0.3) is 0 Å². The predicted molar refractivity (Wildman–Crippen MR) is 147 cm³/mol. The summed E-state index contributed by atoms with van der Waals surface area (Å²) in [6.07, 6.45) is 35.3. The molecule has 2 unspecified atom stereocenters. The molecule has 1 aromatic rings. The molecule has 2 nitrogen and oxygen atoms in total. The molecule has 0 saturated carbocycles. The van der Waals surface area contributed by atoms with Crippen molar-refractivity contribution in [3.8, 4) is 0 Å². The first-order valence-electron chi connectivity index (χ1n) is 15.3. The fourth-order valence-corrected chi connectivity index (χ4v) is 5.37. The Morgan fingerprint density at radius 3 is 1.48 bits per heavy atom. The number of hydrogen-bond acceptors (Lipinski definition) is 0. The summed E-state index contributed by atoms with van der Waals surface area (Å²) >= 11 is 0. The third-order valence-corrected chi connectivity index (χ3v) is 7.64. The minimum Gasteiger partial charge on any atom is -0.247 e. The maximum Gasteiger partial charge on any atom is 0.257 e. The van der Waals surface area contributed by atoms with Crippen molar-refractivity contribution in [3.05, 3.63) is 18.2 Å². The van der Waals surface area contributed by atoms with Crippen LogP contribution < -0.4 is 4.57 Å². The van der Waals surface area contributed by atoms with Gasteiger partial charge in [-0.1, -0.05) is 136 Å². The minimum absolute atomic E-state index is 0.624. The van der Waals surface area contributed by atoms with E-state index >= 15 is 0 Å². The summed E-state index contributed by atoms with van der Waals surface area (Å²) in [4.78, 5) is 3.68. The molecule has 2 heteroatoms. The fraction of sp³-hybridized carbons (Fsp3) is 0.903. The van der Waals surface area contributed by atoms with E-state index in [-0.39, 0.29) is 0 Å². The van der Waals surface area contributed by atoms with Crippen molar-refractivity contribution in [2.45, 2.75) is 181 Å². The minimum atomic E-state index is 0.624. The Morgan fingerprint density at radius 1 is 0.576 bits per heavy atom. The van der Waals surface area contributed by atoms with Gasteiger partial charge in [0, 0.05) is 0 Å². The number of aromatic nitrogens is 2. The number of hydrogen-bond donors (Lipinski definition) is 1. The molecule has 0 aliphatic carbocycles. The van der Waals surface area contributed by atoms with E-state index in [1.54, 1.807) is 0 Å². The highest BCUT2D eigenvalue weighted by Gasteiger charge is 2.25. The molecule has 1 N–H and O–H groups in total.